The van der Waals surface area contributed by atoms with Gasteiger partial charge in [-0.15, -0.1) is 0 Å². The van der Waals surface area contributed by atoms with Crippen LogP contribution in [-0.2, 0) is 21.2 Å². The highest BCUT2D eigenvalue weighted by Crippen LogP contribution is 2.30. The van der Waals surface area contributed by atoms with Crippen LogP contribution in [-0.4, -0.2) is 20.9 Å². The molecule has 0 aliphatic carbocycles. The Labute approximate surface area is 162 Å². The monoisotopic (exact) mass is 436 g/mol. The van der Waals surface area contributed by atoms with Crippen LogP contribution in [0.5, 0.6) is 0 Å². The SMILES string of the molecule is CC(=O)N1CCCc2cc(S(=O)(=O)N[C@@H](C)c3ccccc3Br)ccc21. The summed E-state index contributed by atoms with van der Waals surface area (Å²) in [6.45, 7) is 4.01. The number of fused-ring (bicyclic) bond motifs is 1. The summed E-state index contributed by atoms with van der Waals surface area (Å²) in [5.74, 6) is -0.0257. The fraction of sp³-hybridized carbons (Fsp3) is 0.316. The number of sulfonamides is 1. The molecule has 26 heavy (non-hydrogen) atoms. The Morgan fingerprint density at radius 2 is 1.96 bits per heavy atom. The van der Waals surface area contributed by atoms with Crippen LogP contribution >= 0.6 is 15.9 Å². The van der Waals surface area contributed by atoms with Crippen LogP contribution in [0, 0.1) is 0 Å². The zero-order chi connectivity index (χ0) is 18.9. The molecule has 0 saturated carbocycles. The van der Waals surface area contributed by atoms with E-state index in [2.05, 4.69) is 20.7 Å². The van der Waals surface area contributed by atoms with E-state index < -0.39 is 10.0 Å². The predicted octanol–water partition coefficient (Wildman–Crippen LogP) is 3.79. The lowest BCUT2D eigenvalue weighted by Crippen LogP contribution is -2.34. The molecule has 5 nitrogen and oxygen atoms in total. The van der Waals surface area contributed by atoms with Crippen LogP contribution < -0.4 is 9.62 Å². The lowest BCUT2D eigenvalue weighted by molar-refractivity contribution is -0.116. The van der Waals surface area contributed by atoms with Crippen molar-refractivity contribution in [3.05, 3.63) is 58.1 Å². The highest BCUT2D eigenvalue weighted by atomic mass is 79.9. The van der Waals surface area contributed by atoms with Gasteiger partial charge in [0.25, 0.3) is 0 Å². The smallest absolute Gasteiger partial charge is 0.241 e. The maximum absolute atomic E-state index is 12.8. The van der Waals surface area contributed by atoms with E-state index >= 15 is 0 Å². The van der Waals surface area contributed by atoms with Crippen molar-refractivity contribution in [1.29, 1.82) is 0 Å². The van der Waals surface area contributed by atoms with Crippen molar-refractivity contribution in [3.63, 3.8) is 0 Å². The van der Waals surface area contributed by atoms with Crippen molar-refractivity contribution in [3.8, 4) is 0 Å². The number of hydrogen-bond donors (Lipinski definition) is 1. The summed E-state index contributed by atoms with van der Waals surface area (Å²) in [5, 5.41) is 0. The Kier molecular flexibility index (Phi) is 5.50. The number of nitrogens with one attached hydrogen (secondary N) is 1. The first kappa shape index (κ1) is 19.1. The van der Waals surface area contributed by atoms with E-state index in [9.17, 15) is 13.2 Å². The molecule has 0 bridgehead atoms. The quantitative estimate of drug-likeness (QED) is 0.792. The molecular formula is C19H21BrN2O3S. The largest absolute Gasteiger partial charge is 0.312 e. The zero-order valence-corrected chi connectivity index (χ0v) is 17.1. The van der Waals surface area contributed by atoms with Gasteiger partial charge in [0.2, 0.25) is 15.9 Å². The van der Waals surface area contributed by atoms with Crippen molar-refractivity contribution in [2.45, 2.75) is 37.6 Å². The lowest BCUT2D eigenvalue weighted by Gasteiger charge is -2.29. The van der Waals surface area contributed by atoms with Crippen molar-refractivity contribution in [2.75, 3.05) is 11.4 Å². The first-order chi connectivity index (χ1) is 12.3. The second-order valence-corrected chi connectivity index (χ2v) is 9.00. The van der Waals surface area contributed by atoms with Gasteiger partial charge < -0.3 is 4.90 Å². The van der Waals surface area contributed by atoms with E-state index in [-0.39, 0.29) is 16.8 Å². The average Bonchev–Trinajstić information content (AvgIpc) is 2.60. The molecule has 138 valence electrons. The average molecular weight is 437 g/mol. The van der Waals surface area contributed by atoms with Crippen LogP contribution in [0.25, 0.3) is 0 Å². The van der Waals surface area contributed by atoms with Crippen LogP contribution in [0.4, 0.5) is 5.69 Å². The summed E-state index contributed by atoms with van der Waals surface area (Å²) < 4.78 is 29.2. The number of carbonyl (C=O) groups is 1. The van der Waals surface area contributed by atoms with E-state index in [0.717, 1.165) is 34.1 Å². The van der Waals surface area contributed by atoms with Gasteiger partial charge >= 0.3 is 0 Å². The summed E-state index contributed by atoms with van der Waals surface area (Å²) in [7, 11) is -3.67. The molecule has 1 heterocycles. The van der Waals surface area contributed by atoms with Gasteiger partial charge in [-0.2, -0.15) is 0 Å². The third-order valence-corrected chi connectivity index (χ3v) is 6.82. The third kappa shape index (κ3) is 3.84. The van der Waals surface area contributed by atoms with Crippen molar-refractivity contribution >= 4 is 37.5 Å². The van der Waals surface area contributed by atoms with Crippen molar-refractivity contribution in [1.82, 2.24) is 4.72 Å². The lowest BCUT2D eigenvalue weighted by atomic mass is 10.0. The molecule has 0 fully saturated rings. The Morgan fingerprint density at radius 3 is 2.65 bits per heavy atom. The van der Waals surface area contributed by atoms with Crippen LogP contribution in [0.3, 0.4) is 0 Å². The summed E-state index contributed by atoms with van der Waals surface area (Å²) >= 11 is 3.46. The number of aryl methyl sites for hydroxylation is 1. The molecule has 0 aromatic heterocycles. The first-order valence-corrected chi connectivity index (χ1v) is 10.7. The van der Waals surface area contributed by atoms with Gasteiger partial charge in [-0.3, -0.25) is 4.79 Å². The minimum Gasteiger partial charge on any atom is -0.312 e. The van der Waals surface area contributed by atoms with Gasteiger partial charge in [0, 0.05) is 29.7 Å². The van der Waals surface area contributed by atoms with E-state index in [4.69, 9.17) is 0 Å². The maximum Gasteiger partial charge on any atom is 0.241 e. The molecule has 2 aromatic carbocycles. The summed E-state index contributed by atoms with van der Waals surface area (Å²) in [4.78, 5) is 13.7. The highest BCUT2D eigenvalue weighted by molar-refractivity contribution is 9.10. The fourth-order valence-electron chi connectivity index (χ4n) is 3.26. The number of nitrogens with zero attached hydrogens (tertiary/aromatic N) is 1. The Morgan fingerprint density at radius 1 is 1.23 bits per heavy atom. The first-order valence-electron chi connectivity index (χ1n) is 8.47. The van der Waals surface area contributed by atoms with E-state index in [0.29, 0.717) is 6.54 Å². The van der Waals surface area contributed by atoms with Gasteiger partial charge in [0.1, 0.15) is 0 Å². The molecule has 0 spiro atoms. The molecular weight excluding hydrogens is 416 g/mol. The molecule has 1 aliphatic rings. The number of carbonyl (C=O) groups excluding carboxylic acids is 1. The Bertz CT molecular complexity index is 944. The normalized spacial score (nSPS) is 15.4. The zero-order valence-electron chi connectivity index (χ0n) is 14.7. The number of hydrogen-bond acceptors (Lipinski definition) is 3. The van der Waals surface area contributed by atoms with E-state index in [1.807, 2.05) is 31.2 Å². The standard InChI is InChI=1S/C19H21BrN2O3S/c1-13(17-7-3-4-8-18(17)20)21-26(24,25)16-9-10-19-15(12-16)6-5-11-22(19)14(2)23/h3-4,7-10,12-13,21H,5-6,11H2,1-2H3/t13-/m0/s1. The number of anilines is 1. The Balaban J connectivity index is 1.88. The molecule has 1 amide bonds. The number of rotatable bonds is 4. The molecule has 1 N–H and O–H groups in total. The van der Waals surface area contributed by atoms with Gasteiger partial charge in [0.15, 0.2) is 0 Å². The topological polar surface area (TPSA) is 66.5 Å². The molecule has 0 saturated heterocycles. The molecule has 1 atom stereocenters. The van der Waals surface area contributed by atoms with Gasteiger partial charge in [-0.1, -0.05) is 34.1 Å². The minimum absolute atomic E-state index is 0.0257. The molecule has 0 radical (unpaired) electrons. The summed E-state index contributed by atoms with van der Waals surface area (Å²) in [6, 6.07) is 12.1. The second kappa shape index (κ2) is 7.50. The van der Waals surface area contributed by atoms with Crippen LogP contribution in [0.15, 0.2) is 51.8 Å². The third-order valence-electron chi connectivity index (χ3n) is 4.56. The van der Waals surface area contributed by atoms with E-state index in [1.165, 1.54) is 6.92 Å². The van der Waals surface area contributed by atoms with Gasteiger partial charge in [0.05, 0.1) is 4.90 Å². The molecule has 7 heteroatoms. The Hall–Kier alpha value is -1.70. The van der Waals surface area contributed by atoms with E-state index in [1.54, 1.807) is 23.1 Å². The fourth-order valence-corrected chi connectivity index (χ4v) is 5.16. The van der Waals surface area contributed by atoms with Crippen molar-refractivity contribution in [2.24, 2.45) is 0 Å². The van der Waals surface area contributed by atoms with Crippen LogP contribution in [0.1, 0.15) is 37.4 Å². The minimum atomic E-state index is -3.67. The molecule has 2 aromatic rings. The van der Waals surface area contributed by atoms with Gasteiger partial charge in [-0.05, 0) is 55.2 Å². The summed E-state index contributed by atoms with van der Waals surface area (Å²) in [6.07, 6.45) is 1.60. The number of amides is 1. The number of halogens is 1. The molecule has 0 unspecified atom stereocenters. The summed E-state index contributed by atoms with van der Waals surface area (Å²) in [5.41, 5.74) is 2.57. The second-order valence-electron chi connectivity index (χ2n) is 6.43. The molecule has 1 aliphatic heterocycles. The van der Waals surface area contributed by atoms with Gasteiger partial charge in [-0.25, -0.2) is 13.1 Å². The highest BCUT2D eigenvalue weighted by Gasteiger charge is 2.24. The number of benzene rings is 2. The predicted molar refractivity (Wildman–Crippen MR) is 106 cm³/mol. The van der Waals surface area contributed by atoms with Crippen molar-refractivity contribution < 1.29 is 13.2 Å². The maximum atomic E-state index is 12.8. The van der Waals surface area contributed by atoms with Crippen LogP contribution in [0.2, 0.25) is 0 Å². The molecule has 3 rings (SSSR count).